The topological polar surface area (TPSA) is 64.7 Å². The summed E-state index contributed by atoms with van der Waals surface area (Å²) in [5.41, 5.74) is 1.89. The quantitative estimate of drug-likeness (QED) is 0.732. The van der Waals surface area contributed by atoms with E-state index in [0.717, 1.165) is 16.5 Å². The number of hydrogen-bond donors (Lipinski definition) is 1. The van der Waals surface area contributed by atoms with Crippen LogP contribution in [-0.2, 0) is 0 Å². The fourth-order valence-electron chi connectivity index (χ4n) is 2.24. The molecule has 0 aliphatic rings. The third-order valence-electron chi connectivity index (χ3n) is 3.51. The lowest BCUT2D eigenvalue weighted by atomic mass is 10.1. The van der Waals surface area contributed by atoms with Gasteiger partial charge in [0.25, 0.3) is 0 Å². The fraction of sp³-hybridized carbons (Fsp3) is 0.235. The van der Waals surface area contributed by atoms with E-state index in [1.165, 1.54) is 0 Å². The van der Waals surface area contributed by atoms with Crippen molar-refractivity contribution in [2.24, 2.45) is 0 Å². The monoisotopic (exact) mass is 299 g/mol. The van der Waals surface area contributed by atoms with E-state index >= 15 is 0 Å². The molecule has 0 spiro atoms. The lowest BCUT2D eigenvalue weighted by Crippen LogP contribution is -2.18. The van der Waals surface area contributed by atoms with Gasteiger partial charge in [-0.2, -0.15) is 0 Å². The Labute approximate surface area is 127 Å². The van der Waals surface area contributed by atoms with E-state index in [1.54, 1.807) is 26.4 Å². The molecule has 22 heavy (non-hydrogen) atoms. The van der Waals surface area contributed by atoms with Gasteiger partial charge in [0.1, 0.15) is 24.2 Å². The van der Waals surface area contributed by atoms with Crippen molar-refractivity contribution in [3.63, 3.8) is 0 Å². The molecular weight excluding hydrogens is 282 g/mol. The number of methoxy groups -OCH3 is 1. The van der Waals surface area contributed by atoms with Crippen molar-refractivity contribution >= 4 is 22.0 Å². The molecule has 0 aliphatic heterocycles. The highest BCUT2D eigenvalue weighted by molar-refractivity contribution is 5.99. The number of aromatic nitrogens is 1. The van der Waals surface area contributed by atoms with Gasteiger partial charge in [0, 0.05) is 11.5 Å². The molecule has 1 N–H and O–H groups in total. The Morgan fingerprint density at radius 3 is 2.91 bits per heavy atom. The number of nitrogens with zero attached hydrogens (tertiary/aromatic N) is 1. The highest BCUT2D eigenvalue weighted by Crippen LogP contribution is 2.34. The third kappa shape index (κ3) is 2.51. The number of hydrogen-bond acceptors (Lipinski definition) is 5. The fourth-order valence-corrected chi connectivity index (χ4v) is 2.24. The maximum atomic E-state index is 9.72. The first-order chi connectivity index (χ1) is 10.6. The standard InChI is InChI=1S/C17H17NO4/c1-10(2)15(19)9-22-11-4-5-12-14(8-11)18-17-13(6-7-21-17)16(12)20-3/h4-8,15,19H,1,9H2,2-3H3/t15-/m1/s1. The van der Waals surface area contributed by atoms with Crippen LogP contribution in [0.3, 0.4) is 0 Å². The van der Waals surface area contributed by atoms with Gasteiger partial charge in [-0.3, -0.25) is 0 Å². The molecule has 3 rings (SSSR count). The maximum Gasteiger partial charge on any atom is 0.230 e. The second kappa shape index (κ2) is 5.69. The molecule has 0 amide bonds. The Morgan fingerprint density at radius 1 is 1.36 bits per heavy atom. The van der Waals surface area contributed by atoms with E-state index in [2.05, 4.69) is 11.6 Å². The summed E-state index contributed by atoms with van der Waals surface area (Å²) in [5.74, 6) is 1.34. The zero-order valence-corrected chi connectivity index (χ0v) is 12.5. The van der Waals surface area contributed by atoms with Gasteiger partial charge in [0.05, 0.1) is 24.3 Å². The smallest absolute Gasteiger partial charge is 0.230 e. The summed E-state index contributed by atoms with van der Waals surface area (Å²) in [4.78, 5) is 4.46. The second-order valence-electron chi connectivity index (χ2n) is 5.14. The number of fused-ring (bicyclic) bond motifs is 2. The van der Waals surface area contributed by atoms with Crippen molar-refractivity contribution in [3.05, 3.63) is 42.7 Å². The summed E-state index contributed by atoms with van der Waals surface area (Å²) in [5, 5.41) is 11.4. The van der Waals surface area contributed by atoms with E-state index in [0.29, 0.717) is 22.6 Å². The van der Waals surface area contributed by atoms with Gasteiger partial charge < -0.3 is 19.0 Å². The van der Waals surface area contributed by atoms with Gasteiger partial charge in [0.15, 0.2) is 0 Å². The van der Waals surface area contributed by atoms with Gasteiger partial charge in [-0.05, 0) is 30.7 Å². The van der Waals surface area contributed by atoms with Crippen molar-refractivity contribution in [2.45, 2.75) is 13.0 Å². The van der Waals surface area contributed by atoms with E-state index in [1.807, 2.05) is 18.2 Å². The van der Waals surface area contributed by atoms with Crippen LogP contribution in [-0.4, -0.2) is 29.9 Å². The molecule has 1 aromatic carbocycles. The highest BCUT2D eigenvalue weighted by Gasteiger charge is 2.13. The SMILES string of the molecule is C=C(C)[C@H](O)COc1ccc2c(OC)c3ccoc3nc2c1. The van der Waals surface area contributed by atoms with Gasteiger partial charge >= 0.3 is 0 Å². The molecule has 0 bridgehead atoms. The van der Waals surface area contributed by atoms with Crippen LogP contribution in [0.2, 0.25) is 0 Å². The number of rotatable bonds is 5. The third-order valence-corrected chi connectivity index (χ3v) is 3.51. The van der Waals surface area contributed by atoms with E-state index in [4.69, 9.17) is 13.9 Å². The number of aliphatic hydroxyl groups excluding tert-OH is 1. The Kier molecular flexibility index (Phi) is 3.73. The molecule has 2 aromatic heterocycles. The summed E-state index contributed by atoms with van der Waals surface area (Å²) in [6.07, 6.45) is 0.894. The number of pyridine rings is 1. The van der Waals surface area contributed by atoms with Crippen LogP contribution in [0.1, 0.15) is 6.92 Å². The molecule has 5 nitrogen and oxygen atoms in total. The van der Waals surface area contributed by atoms with Crippen molar-refractivity contribution < 1.29 is 19.0 Å². The predicted molar refractivity (Wildman–Crippen MR) is 84.4 cm³/mol. The highest BCUT2D eigenvalue weighted by atomic mass is 16.5. The first-order valence-electron chi connectivity index (χ1n) is 6.91. The number of ether oxygens (including phenoxy) is 2. The first-order valence-corrected chi connectivity index (χ1v) is 6.91. The molecule has 1 atom stereocenters. The molecule has 114 valence electrons. The zero-order valence-electron chi connectivity index (χ0n) is 12.5. The van der Waals surface area contributed by atoms with Crippen LogP contribution in [0.25, 0.3) is 22.0 Å². The average molecular weight is 299 g/mol. The second-order valence-corrected chi connectivity index (χ2v) is 5.14. The van der Waals surface area contributed by atoms with Crippen molar-refractivity contribution in [3.8, 4) is 11.5 Å². The van der Waals surface area contributed by atoms with Crippen LogP contribution in [0, 0.1) is 0 Å². The molecule has 3 aromatic rings. The Bertz CT molecular complexity index is 837. The molecule has 0 saturated carbocycles. The van der Waals surface area contributed by atoms with Crippen LogP contribution < -0.4 is 9.47 Å². The molecule has 0 radical (unpaired) electrons. The summed E-state index contributed by atoms with van der Waals surface area (Å²) in [6, 6.07) is 7.33. The largest absolute Gasteiger partial charge is 0.495 e. The molecule has 0 unspecified atom stereocenters. The Morgan fingerprint density at radius 2 is 2.18 bits per heavy atom. The summed E-state index contributed by atoms with van der Waals surface area (Å²) in [7, 11) is 1.62. The maximum absolute atomic E-state index is 9.72. The summed E-state index contributed by atoms with van der Waals surface area (Å²) >= 11 is 0. The van der Waals surface area contributed by atoms with Crippen molar-refractivity contribution in [1.29, 1.82) is 0 Å². The Hall–Kier alpha value is -2.53. The zero-order chi connectivity index (χ0) is 15.7. The summed E-state index contributed by atoms with van der Waals surface area (Å²) < 4.78 is 16.4. The number of furan rings is 1. The van der Waals surface area contributed by atoms with E-state index in [9.17, 15) is 5.11 Å². The average Bonchev–Trinajstić information content (AvgIpc) is 2.97. The molecule has 0 fully saturated rings. The lowest BCUT2D eigenvalue weighted by Gasteiger charge is -2.13. The molecular formula is C17H17NO4. The molecule has 0 saturated heterocycles. The minimum absolute atomic E-state index is 0.154. The van der Waals surface area contributed by atoms with Crippen LogP contribution in [0.15, 0.2) is 47.1 Å². The van der Waals surface area contributed by atoms with Crippen LogP contribution >= 0.6 is 0 Å². The summed E-state index contributed by atoms with van der Waals surface area (Å²) in [6.45, 7) is 5.61. The molecule has 0 aliphatic carbocycles. The number of benzene rings is 1. The molecule has 2 heterocycles. The van der Waals surface area contributed by atoms with Gasteiger partial charge in [-0.25, -0.2) is 4.98 Å². The first kappa shape index (κ1) is 14.4. The minimum Gasteiger partial charge on any atom is -0.495 e. The van der Waals surface area contributed by atoms with Crippen molar-refractivity contribution in [1.82, 2.24) is 4.98 Å². The van der Waals surface area contributed by atoms with Gasteiger partial charge in [-0.15, -0.1) is 0 Å². The number of aliphatic hydroxyl groups is 1. The van der Waals surface area contributed by atoms with E-state index in [-0.39, 0.29) is 6.61 Å². The normalized spacial score (nSPS) is 12.5. The Balaban J connectivity index is 1.99. The van der Waals surface area contributed by atoms with Crippen molar-refractivity contribution in [2.75, 3.05) is 13.7 Å². The minimum atomic E-state index is -0.689. The van der Waals surface area contributed by atoms with Crippen LogP contribution in [0.5, 0.6) is 11.5 Å². The lowest BCUT2D eigenvalue weighted by molar-refractivity contribution is 0.136. The van der Waals surface area contributed by atoms with Crippen LogP contribution in [0.4, 0.5) is 0 Å². The predicted octanol–water partition coefficient (Wildman–Crippen LogP) is 3.31. The van der Waals surface area contributed by atoms with Gasteiger partial charge in [-0.1, -0.05) is 6.58 Å². The van der Waals surface area contributed by atoms with Gasteiger partial charge in [0.2, 0.25) is 5.71 Å². The molecule has 5 heteroatoms. The van der Waals surface area contributed by atoms with E-state index < -0.39 is 6.10 Å².